The van der Waals surface area contributed by atoms with Gasteiger partial charge in [0.05, 0.1) is 17.8 Å². The van der Waals surface area contributed by atoms with E-state index >= 15 is 0 Å². The first-order valence-corrected chi connectivity index (χ1v) is 11.0. The van der Waals surface area contributed by atoms with Gasteiger partial charge in [-0.1, -0.05) is 19.4 Å². The number of benzene rings is 1. The summed E-state index contributed by atoms with van der Waals surface area (Å²) in [5, 5.41) is 4.01. The first-order chi connectivity index (χ1) is 12.5. The number of nitrogens with zero attached hydrogens (tertiary/aromatic N) is 3. The summed E-state index contributed by atoms with van der Waals surface area (Å²) in [4.78, 5) is 2.88. The van der Waals surface area contributed by atoms with Gasteiger partial charge in [-0.3, -0.25) is 15.0 Å². The lowest BCUT2D eigenvalue weighted by Gasteiger charge is -2.56. The topological polar surface area (TPSA) is 28.1 Å². The molecule has 0 amide bonds. The molecule has 0 atom stereocenters. The second-order valence-corrected chi connectivity index (χ2v) is 9.83. The van der Waals surface area contributed by atoms with Gasteiger partial charge in [0.15, 0.2) is 0 Å². The second kappa shape index (κ2) is 5.50. The number of fused-ring (bicyclic) bond motifs is 1. The van der Waals surface area contributed by atoms with E-state index in [2.05, 4.69) is 0 Å². The highest BCUT2D eigenvalue weighted by atomic mass is 32.5. The Kier molecular flexibility index (Phi) is 3.83. The van der Waals surface area contributed by atoms with Crippen LogP contribution in [0.3, 0.4) is 0 Å². The summed E-state index contributed by atoms with van der Waals surface area (Å²) in [6.07, 6.45) is 4.15. The summed E-state index contributed by atoms with van der Waals surface area (Å²) < 4.78 is 70.9. The van der Waals surface area contributed by atoms with Crippen molar-refractivity contribution in [3.63, 3.8) is 0 Å². The van der Waals surface area contributed by atoms with Crippen LogP contribution in [0.2, 0.25) is 0 Å². The molecular formula is C17H22F5N3OS. The molecule has 10 heteroatoms. The van der Waals surface area contributed by atoms with E-state index in [1.54, 1.807) is 0 Å². The Morgan fingerprint density at radius 3 is 2.26 bits per heavy atom. The Labute approximate surface area is 154 Å². The van der Waals surface area contributed by atoms with Crippen LogP contribution in [0.4, 0.5) is 25.1 Å². The number of hydrogen-bond donors (Lipinski definition) is 0. The summed E-state index contributed by atoms with van der Waals surface area (Å²) in [5.41, 5.74) is 0.0897. The van der Waals surface area contributed by atoms with Crippen LogP contribution >= 0.6 is 10.2 Å². The third kappa shape index (κ3) is 3.49. The van der Waals surface area contributed by atoms with Gasteiger partial charge in [0.2, 0.25) is 0 Å². The fourth-order valence-electron chi connectivity index (χ4n) is 4.12. The van der Waals surface area contributed by atoms with Crippen LogP contribution in [0.5, 0.6) is 0 Å². The zero-order chi connectivity index (χ0) is 19.4. The van der Waals surface area contributed by atoms with Crippen LogP contribution in [0.15, 0.2) is 34.2 Å². The largest absolute Gasteiger partial charge is 0.381 e. The lowest BCUT2D eigenvalue weighted by atomic mass is 9.87. The van der Waals surface area contributed by atoms with E-state index in [1.165, 1.54) is 0 Å². The Bertz CT molecular complexity index is 759. The molecule has 0 aromatic heterocycles. The molecule has 0 unspecified atom stereocenters. The minimum Gasteiger partial charge on any atom is -0.381 e. The number of anilines is 1. The van der Waals surface area contributed by atoms with Crippen molar-refractivity contribution in [1.82, 2.24) is 5.01 Å². The van der Waals surface area contributed by atoms with E-state index in [0.717, 1.165) is 37.2 Å². The molecule has 1 aromatic rings. The minimum absolute atomic E-state index is 0.393. The van der Waals surface area contributed by atoms with Crippen molar-refractivity contribution < 1.29 is 24.2 Å². The van der Waals surface area contributed by atoms with E-state index in [1.807, 2.05) is 10.0 Å². The highest BCUT2D eigenvalue weighted by Crippen LogP contribution is 3.02. The molecule has 0 bridgehead atoms. The van der Waals surface area contributed by atoms with E-state index in [9.17, 15) is 19.4 Å². The molecule has 0 N–H and O–H groups in total. The quantitative estimate of drug-likeness (QED) is 0.601. The smallest absolute Gasteiger partial charge is 0.310 e. The van der Waals surface area contributed by atoms with Gasteiger partial charge >= 0.3 is 10.2 Å². The van der Waals surface area contributed by atoms with Crippen LogP contribution < -0.4 is 5.01 Å². The molecular weight excluding hydrogens is 389 g/mol. The molecule has 27 heavy (non-hydrogen) atoms. The standard InChI is InChI=1S/C17H22F5N3OS/c18-27(19,20,21,22)15-6-4-14(5-7-15)25-17(8-11-26-12-9-17)13-23-16-3-1-2-10-24(16)25/h4-7H,1-3,8-13H2. The van der Waals surface area contributed by atoms with Crippen molar-refractivity contribution in [2.45, 2.75) is 42.5 Å². The number of amidine groups is 1. The number of halogens is 5. The van der Waals surface area contributed by atoms with Gasteiger partial charge in [-0.25, -0.2) is 0 Å². The van der Waals surface area contributed by atoms with Gasteiger partial charge < -0.3 is 4.74 Å². The lowest BCUT2D eigenvalue weighted by molar-refractivity contribution is 0.0334. The average Bonchev–Trinajstić information content (AvgIpc) is 2.61. The third-order valence-electron chi connectivity index (χ3n) is 5.52. The first-order valence-electron chi connectivity index (χ1n) is 9.02. The van der Waals surface area contributed by atoms with E-state index in [0.29, 0.717) is 57.0 Å². The van der Waals surface area contributed by atoms with Crippen LogP contribution in [-0.2, 0) is 4.74 Å². The highest BCUT2D eigenvalue weighted by molar-refractivity contribution is 8.45. The van der Waals surface area contributed by atoms with Crippen molar-refractivity contribution in [2.75, 3.05) is 31.3 Å². The first kappa shape index (κ1) is 18.8. The number of rotatable bonds is 2. The molecule has 1 spiro atoms. The van der Waals surface area contributed by atoms with E-state index in [-0.39, 0.29) is 0 Å². The maximum Gasteiger partial charge on any atom is 0.310 e. The number of hydrazine groups is 1. The summed E-state index contributed by atoms with van der Waals surface area (Å²) in [6.45, 7) is 2.33. The molecule has 3 aliphatic heterocycles. The molecule has 4 rings (SSSR count). The van der Waals surface area contributed by atoms with Gasteiger partial charge in [0, 0.05) is 26.2 Å². The van der Waals surface area contributed by atoms with Crippen LogP contribution in [0, 0.1) is 0 Å². The number of ether oxygens (including phenoxy) is 1. The van der Waals surface area contributed by atoms with E-state index in [4.69, 9.17) is 9.73 Å². The molecule has 0 radical (unpaired) electrons. The van der Waals surface area contributed by atoms with Crippen molar-refractivity contribution in [1.29, 1.82) is 0 Å². The van der Waals surface area contributed by atoms with Crippen molar-refractivity contribution >= 4 is 21.7 Å². The fraction of sp³-hybridized carbons (Fsp3) is 0.588. The minimum atomic E-state index is -9.68. The summed E-state index contributed by atoms with van der Waals surface area (Å²) in [6, 6.07) is 3.31. The van der Waals surface area contributed by atoms with Crippen molar-refractivity contribution in [2.24, 2.45) is 4.99 Å². The molecule has 0 saturated carbocycles. The molecule has 152 valence electrons. The molecule has 0 aliphatic carbocycles. The van der Waals surface area contributed by atoms with Gasteiger partial charge in [0.1, 0.15) is 10.7 Å². The Morgan fingerprint density at radius 1 is 0.963 bits per heavy atom. The summed E-state index contributed by atoms with van der Waals surface area (Å²) in [5.74, 6) is 0.912. The molecule has 3 aliphatic rings. The monoisotopic (exact) mass is 411 g/mol. The molecule has 2 fully saturated rings. The Hall–Kier alpha value is -1.55. The maximum absolute atomic E-state index is 13.1. The fourth-order valence-corrected chi connectivity index (χ4v) is 4.77. The molecule has 1 aromatic carbocycles. The predicted molar refractivity (Wildman–Crippen MR) is 96.0 cm³/mol. The van der Waals surface area contributed by atoms with Crippen LogP contribution in [0.25, 0.3) is 0 Å². The number of aliphatic imine (C=N–C) groups is 1. The maximum atomic E-state index is 13.1. The zero-order valence-corrected chi connectivity index (χ0v) is 15.5. The Balaban J connectivity index is 1.75. The van der Waals surface area contributed by atoms with Gasteiger partial charge in [-0.2, -0.15) is 0 Å². The SMILES string of the molecule is FS(F)(F)(F)(F)c1ccc(N2N3CCCCC3=NCC23CCOCC3)cc1. The highest BCUT2D eigenvalue weighted by Gasteiger charge is 2.65. The number of piperidine rings is 1. The summed E-state index contributed by atoms with van der Waals surface area (Å²) >= 11 is 0. The van der Waals surface area contributed by atoms with Gasteiger partial charge in [-0.05, 0) is 49.9 Å². The van der Waals surface area contributed by atoms with Crippen molar-refractivity contribution in [3.8, 4) is 0 Å². The molecule has 3 heterocycles. The second-order valence-electron chi connectivity index (χ2n) is 7.42. The predicted octanol–water partition coefficient (Wildman–Crippen LogP) is 5.51. The van der Waals surface area contributed by atoms with Crippen LogP contribution in [0.1, 0.15) is 32.1 Å². The van der Waals surface area contributed by atoms with Gasteiger partial charge in [-0.15, -0.1) is 0 Å². The summed E-state index contributed by atoms with van der Waals surface area (Å²) in [7, 11) is -9.68. The normalized spacial score (nSPS) is 25.4. The van der Waals surface area contributed by atoms with Crippen LogP contribution in [-0.4, -0.2) is 42.7 Å². The third-order valence-corrected chi connectivity index (χ3v) is 6.68. The molecule has 4 nitrogen and oxygen atoms in total. The lowest BCUT2D eigenvalue weighted by Crippen LogP contribution is -2.66. The molecule has 2 saturated heterocycles. The average molecular weight is 411 g/mol. The Morgan fingerprint density at radius 2 is 1.63 bits per heavy atom. The number of hydrogen-bond acceptors (Lipinski definition) is 4. The van der Waals surface area contributed by atoms with Gasteiger partial charge in [0.25, 0.3) is 0 Å². The zero-order valence-electron chi connectivity index (χ0n) is 14.7. The van der Waals surface area contributed by atoms with Crippen molar-refractivity contribution in [3.05, 3.63) is 24.3 Å². The van der Waals surface area contributed by atoms with E-state index < -0.39 is 20.7 Å².